The minimum Gasteiger partial charge on any atom is -0.268 e. The minimum absolute atomic E-state index is 0.148. The number of carbonyl (C=O) groups excluding carboxylic acids is 1. The van der Waals surface area contributed by atoms with Crippen LogP contribution in [-0.4, -0.2) is 10.2 Å². The van der Waals surface area contributed by atoms with Crippen molar-refractivity contribution >= 4 is 46.0 Å². The number of thiocarbonyl (C=S) groups is 1. The second-order valence-electron chi connectivity index (χ2n) is 4.91. The monoisotopic (exact) mass is 329 g/mol. The van der Waals surface area contributed by atoms with E-state index in [9.17, 15) is 9.18 Å². The minimum atomic E-state index is -0.301. The summed E-state index contributed by atoms with van der Waals surface area (Å²) >= 11 is 6.58. The Labute approximate surface area is 137 Å². The molecule has 0 spiro atoms. The van der Waals surface area contributed by atoms with Crippen LogP contribution in [0.2, 0.25) is 0 Å². The van der Waals surface area contributed by atoms with Gasteiger partial charge in [-0.2, -0.15) is 0 Å². The molecule has 0 atom stereocenters. The molecule has 1 aliphatic rings. The summed E-state index contributed by atoms with van der Waals surface area (Å²) in [6, 6.07) is 13.6. The number of aryl methyl sites for hydroxylation is 1. The summed E-state index contributed by atoms with van der Waals surface area (Å²) in [6.07, 6.45) is 1.73. The molecule has 3 rings (SSSR count). The predicted octanol–water partition coefficient (Wildman–Crippen LogP) is 4.54. The molecule has 2 aromatic rings. The van der Waals surface area contributed by atoms with E-state index in [0.29, 0.717) is 9.23 Å². The van der Waals surface area contributed by atoms with Crippen LogP contribution in [0.4, 0.5) is 10.1 Å². The zero-order chi connectivity index (χ0) is 15.7. The van der Waals surface area contributed by atoms with Gasteiger partial charge in [0.1, 0.15) is 5.82 Å². The molecule has 22 heavy (non-hydrogen) atoms. The molecule has 5 heteroatoms. The summed E-state index contributed by atoms with van der Waals surface area (Å²) < 4.78 is 13.4. The molecule has 0 saturated carbocycles. The van der Waals surface area contributed by atoms with E-state index in [0.717, 1.165) is 16.8 Å². The van der Waals surface area contributed by atoms with Crippen molar-refractivity contribution in [3.63, 3.8) is 0 Å². The lowest BCUT2D eigenvalue weighted by Crippen LogP contribution is -2.27. The van der Waals surface area contributed by atoms with Gasteiger partial charge in [0, 0.05) is 0 Å². The average molecular weight is 329 g/mol. The SMILES string of the molecule is Cc1cccc(N2C(=O)C(=Cc3ccc(F)cc3)SC2=S)c1. The van der Waals surface area contributed by atoms with E-state index in [1.54, 1.807) is 18.2 Å². The van der Waals surface area contributed by atoms with Gasteiger partial charge in [-0.3, -0.25) is 9.69 Å². The van der Waals surface area contributed by atoms with E-state index < -0.39 is 0 Å². The van der Waals surface area contributed by atoms with Gasteiger partial charge in [-0.05, 0) is 48.4 Å². The first kappa shape index (κ1) is 14.9. The Balaban J connectivity index is 1.93. The third-order valence-electron chi connectivity index (χ3n) is 3.22. The predicted molar refractivity (Wildman–Crippen MR) is 93.2 cm³/mol. The molecule has 0 N–H and O–H groups in total. The summed E-state index contributed by atoms with van der Waals surface area (Å²) in [4.78, 5) is 14.6. The van der Waals surface area contributed by atoms with E-state index in [-0.39, 0.29) is 11.7 Å². The summed E-state index contributed by atoms with van der Waals surface area (Å²) in [5.74, 6) is -0.450. The van der Waals surface area contributed by atoms with Crippen molar-refractivity contribution < 1.29 is 9.18 Å². The number of nitrogens with zero attached hydrogens (tertiary/aromatic N) is 1. The second kappa shape index (κ2) is 6.02. The van der Waals surface area contributed by atoms with Crippen molar-refractivity contribution in [1.29, 1.82) is 0 Å². The van der Waals surface area contributed by atoms with E-state index in [2.05, 4.69) is 0 Å². The molecule has 0 aliphatic carbocycles. The molecule has 1 fully saturated rings. The van der Waals surface area contributed by atoms with Crippen molar-refractivity contribution in [2.75, 3.05) is 4.90 Å². The highest BCUT2D eigenvalue weighted by Crippen LogP contribution is 2.36. The van der Waals surface area contributed by atoms with Crippen molar-refractivity contribution in [2.24, 2.45) is 0 Å². The number of anilines is 1. The smallest absolute Gasteiger partial charge is 0.268 e. The molecular formula is C17H12FNOS2. The summed E-state index contributed by atoms with van der Waals surface area (Å²) in [6.45, 7) is 1.97. The van der Waals surface area contributed by atoms with Crippen molar-refractivity contribution in [2.45, 2.75) is 6.92 Å². The van der Waals surface area contributed by atoms with Crippen LogP contribution in [0.3, 0.4) is 0 Å². The first-order valence-electron chi connectivity index (χ1n) is 6.65. The van der Waals surface area contributed by atoms with Crippen LogP contribution in [0.25, 0.3) is 6.08 Å². The topological polar surface area (TPSA) is 20.3 Å². The third kappa shape index (κ3) is 2.96. The van der Waals surface area contributed by atoms with Crippen LogP contribution in [-0.2, 0) is 4.79 Å². The van der Waals surface area contributed by atoms with Gasteiger partial charge in [-0.1, -0.05) is 48.2 Å². The molecule has 1 amide bonds. The lowest BCUT2D eigenvalue weighted by molar-refractivity contribution is -0.113. The Morgan fingerprint density at radius 3 is 2.59 bits per heavy atom. The largest absolute Gasteiger partial charge is 0.270 e. The maximum absolute atomic E-state index is 12.9. The van der Waals surface area contributed by atoms with Gasteiger partial charge in [-0.15, -0.1) is 0 Å². The van der Waals surface area contributed by atoms with Crippen LogP contribution in [0, 0.1) is 12.7 Å². The molecule has 110 valence electrons. The Bertz CT molecular complexity index is 784. The average Bonchev–Trinajstić information content (AvgIpc) is 2.76. The Hall–Kier alpha value is -1.98. The number of carbonyl (C=O) groups is 1. The molecule has 2 nitrogen and oxygen atoms in total. The fourth-order valence-corrected chi connectivity index (χ4v) is 3.47. The molecule has 0 unspecified atom stereocenters. The quantitative estimate of drug-likeness (QED) is 0.596. The van der Waals surface area contributed by atoms with Crippen molar-refractivity contribution in [3.05, 3.63) is 70.4 Å². The number of halogens is 1. The maximum Gasteiger partial charge on any atom is 0.270 e. The number of rotatable bonds is 2. The summed E-state index contributed by atoms with van der Waals surface area (Å²) in [5.41, 5.74) is 2.60. The number of hydrogen-bond donors (Lipinski definition) is 0. The van der Waals surface area contributed by atoms with E-state index in [1.807, 2.05) is 31.2 Å². The van der Waals surface area contributed by atoms with Gasteiger partial charge in [-0.25, -0.2) is 4.39 Å². The maximum atomic E-state index is 12.9. The molecule has 0 aromatic heterocycles. The lowest BCUT2D eigenvalue weighted by Gasteiger charge is -2.14. The first-order chi connectivity index (χ1) is 10.5. The highest BCUT2D eigenvalue weighted by atomic mass is 32.2. The molecule has 0 radical (unpaired) electrons. The van der Waals surface area contributed by atoms with Crippen LogP contribution in [0.15, 0.2) is 53.4 Å². The Morgan fingerprint density at radius 1 is 1.18 bits per heavy atom. The number of amides is 1. The summed E-state index contributed by atoms with van der Waals surface area (Å²) in [7, 11) is 0. The van der Waals surface area contributed by atoms with Crippen LogP contribution < -0.4 is 4.90 Å². The van der Waals surface area contributed by atoms with Crippen LogP contribution >= 0.6 is 24.0 Å². The van der Waals surface area contributed by atoms with E-state index >= 15 is 0 Å². The van der Waals surface area contributed by atoms with E-state index in [4.69, 9.17) is 12.2 Å². The Kier molecular flexibility index (Phi) is 4.09. The molecule has 1 saturated heterocycles. The fourth-order valence-electron chi connectivity index (χ4n) is 2.17. The van der Waals surface area contributed by atoms with E-state index in [1.165, 1.54) is 28.8 Å². The van der Waals surface area contributed by atoms with Gasteiger partial charge in [0.2, 0.25) is 0 Å². The van der Waals surface area contributed by atoms with Gasteiger partial charge in [0.05, 0.1) is 10.6 Å². The van der Waals surface area contributed by atoms with Crippen LogP contribution in [0.1, 0.15) is 11.1 Å². The number of benzene rings is 2. The van der Waals surface area contributed by atoms with Gasteiger partial charge in [0.25, 0.3) is 5.91 Å². The molecule has 1 heterocycles. The molecular weight excluding hydrogens is 317 g/mol. The summed E-state index contributed by atoms with van der Waals surface area (Å²) in [5, 5.41) is 0. The van der Waals surface area contributed by atoms with Crippen LogP contribution in [0.5, 0.6) is 0 Å². The Morgan fingerprint density at radius 2 is 1.91 bits per heavy atom. The molecule has 1 aliphatic heterocycles. The molecule has 0 bridgehead atoms. The number of thioether (sulfide) groups is 1. The zero-order valence-corrected chi connectivity index (χ0v) is 13.4. The van der Waals surface area contributed by atoms with Gasteiger partial charge >= 0.3 is 0 Å². The first-order valence-corrected chi connectivity index (χ1v) is 7.87. The van der Waals surface area contributed by atoms with Gasteiger partial charge < -0.3 is 0 Å². The highest BCUT2D eigenvalue weighted by Gasteiger charge is 2.33. The van der Waals surface area contributed by atoms with Gasteiger partial charge in [0.15, 0.2) is 4.32 Å². The number of hydrogen-bond acceptors (Lipinski definition) is 3. The second-order valence-corrected chi connectivity index (χ2v) is 6.58. The normalized spacial score (nSPS) is 16.6. The van der Waals surface area contributed by atoms with Crippen molar-refractivity contribution in [3.8, 4) is 0 Å². The molecule has 2 aromatic carbocycles. The third-order valence-corrected chi connectivity index (χ3v) is 4.52. The fraction of sp³-hybridized carbons (Fsp3) is 0.0588. The zero-order valence-electron chi connectivity index (χ0n) is 11.7. The van der Waals surface area contributed by atoms with Crippen molar-refractivity contribution in [1.82, 2.24) is 0 Å². The standard InChI is InChI=1S/C17H12FNOS2/c1-11-3-2-4-14(9-11)19-16(20)15(22-17(19)21)10-12-5-7-13(18)8-6-12/h2-10H,1H3. The lowest BCUT2D eigenvalue weighted by atomic mass is 10.2. The highest BCUT2D eigenvalue weighted by molar-refractivity contribution is 8.27.